The number of ether oxygens (including phenoxy) is 2. The average Bonchev–Trinajstić information content (AvgIpc) is 3.12. The molecular weight excluding hydrogens is 356 g/mol. The Bertz CT molecular complexity index is 883. The van der Waals surface area contributed by atoms with Crippen LogP contribution in [0, 0.1) is 20.2 Å². The van der Waals surface area contributed by atoms with E-state index < -0.39 is 15.9 Å². The van der Waals surface area contributed by atoms with Crippen LogP contribution in [0.25, 0.3) is 0 Å². The van der Waals surface area contributed by atoms with Crippen molar-refractivity contribution in [1.82, 2.24) is 5.01 Å². The van der Waals surface area contributed by atoms with Crippen molar-refractivity contribution in [3.8, 4) is 11.5 Å². The third-order valence-corrected chi connectivity index (χ3v) is 4.05. The van der Waals surface area contributed by atoms with Gasteiger partial charge in [-0.15, -0.1) is 0 Å². The fourth-order valence-electron chi connectivity index (χ4n) is 2.62. The molecule has 0 bridgehead atoms. The topological polar surface area (TPSA) is 120 Å². The van der Waals surface area contributed by atoms with Crippen LogP contribution >= 0.6 is 0 Å². The summed E-state index contributed by atoms with van der Waals surface area (Å²) in [6.45, 7) is -0.236. The second kappa shape index (κ2) is 7.68. The van der Waals surface area contributed by atoms with Gasteiger partial charge in [-0.2, -0.15) is 5.10 Å². The summed E-state index contributed by atoms with van der Waals surface area (Å²) in [7, 11) is 1.63. The van der Waals surface area contributed by atoms with E-state index in [0.717, 1.165) is 0 Å². The van der Waals surface area contributed by atoms with Gasteiger partial charge in [-0.05, 0) is 35.4 Å². The predicted molar refractivity (Wildman–Crippen MR) is 95.6 cm³/mol. The van der Waals surface area contributed by atoms with Crippen molar-refractivity contribution in [2.45, 2.75) is 6.04 Å². The molecule has 0 aromatic heterocycles. The summed E-state index contributed by atoms with van der Waals surface area (Å²) in [6, 6.07) is 10.4. The molecule has 2 aromatic carbocycles. The van der Waals surface area contributed by atoms with Crippen LogP contribution < -0.4 is 9.47 Å². The van der Waals surface area contributed by atoms with Crippen LogP contribution in [-0.2, 0) is 0 Å². The van der Waals surface area contributed by atoms with E-state index in [2.05, 4.69) is 5.10 Å². The Morgan fingerprint density at radius 2 is 1.85 bits per heavy atom. The first-order valence-corrected chi connectivity index (χ1v) is 7.96. The van der Waals surface area contributed by atoms with Gasteiger partial charge in [0.15, 0.2) is 11.5 Å². The number of rotatable bonds is 7. The van der Waals surface area contributed by atoms with Crippen LogP contribution in [0.3, 0.4) is 0 Å². The van der Waals surface area contributed by atoms with E-state index in [1.165, 1.54) is 23.4 Å². The van der Waals surface area contributed by atoms with Gasteiger partial charge < -0.3 is 9.47 Å². The fourth-order valence-corrected chi connectivity index (χ4v) is 2.62. The van der Waals surface area contributed by atoms with E-state index in [1.807, 2.05) is 0 Å². The summed E-state index contributed by atoms with van der Waals surface area (Å²) in [5.74, 6) is 1.13. The number of hydrogen-bond donors (Lipinski definition) is 0. The van der Waals surface area contributed by atoms with Crippen molar-refractivity contribution in [2.24, 2.45) is 5.10 Å². The average molecular weight is 372 g/mol. The molecule has 1 atom stereocenters. The predicted octanol–water partition coefficient (Wildman–Crippen LogP) is 2.61. The molecule has 0 saturated carbocycles. The number of nitrogens with zero attached hydrogens (tertiary/aromatic N) is 4. The maximum Gasteiger partial charge on any atom is 0.269 e. The van der Waals surface area contributed by atoms with Crippen molar-refractivity contribution in [3.05, 3.63) is 73.8 Å². The van der Waals surface area contributed by atoms with Crippen molar-refractivity contribution in [3.63, 3.8) is 0 Å². The van der Waals surface area contributed by atoms with Gasteiger partial charge >= 0.3 is 0 Å². The Morgan fingerprint density at radius 1 is 1.15 bits per heavy atom. The molecule has 1 aliphatic rings. The zero-order valence-corrected chi connectivity index (χ0v) is 14.3. The number of fused-ring (bicyclic) bond motifs is 1. The van der Waals surface area contributed by atoms with Crippen molar-refractivity contribution < 1.29 is 19.3 Å². The molecule has 0 fully saturated rings. The minimum Gasteiger partial charge on any atom is -0.454 e. The van der Waals surface area contributed by atoms with E-state index in [9.17, 15) is 20.2 Å². The molecule has 1 heterocycles. The summed E-state index contributed by atoms with van der Waals surface area (Å²) in [6.07, 6.45) is 1.49. The van der Waals surface area contributed by atoms with E-state index >= 15 is 0 Å². The van der Waals surface area contributed by atoms with Crippen LogP contribution in [0.15, 0.2) is 47.6 Å². The van der Waals surface area contributed by atoms with Crippen LogP contribution in [-0.4, -0.2) is 41.5 Å². The molecule has 3 rings (SSSR count). The fraction of sp³-hybridized carbons (Fsp3) is 0.235. The van der Waals surface area contributed by atoms with E-state index in [1.54, 1.807) is 37.4 Å². The van der Waals surface area contributed by atoms with Crippen molar-refractivity contribution >= 4 is 11.9 Å². The number of hydrazone groups is 1. The van der Waals surface area contributed by atoms with Gasteiger partial charge in [0.2, 0.25) is 13.3 Å². The lowest BCUT2D eigenvalue weighted by atomic mass is 10.1. The summed E-state index contributed by atoms with van der Waals surface area (Å²) < 4.78 is 10.6. The molecule has 27 heavy (non-hydrogen) atoms. The molecule has 0 unspecified atom stereocenters. The number of nitro benzene ring substituents is 1. The van der Waals surface area contributed by atoms with Gasteiger partial charge in [0.05, 0.1) is 11.1 Å². The maximum atomic E-state index is 11.1. The monoisotopic (exact) mass is 372 g/mol. The molecular formula is C17H16N4O6. The number of likely N-dealkylation sites (N-methyl/N-ethyl adjacent to an activating group) is 1. The zero-order valence-electron chi connectivity index (χ0n) is 14.3. The summed E-state index contributed by atoms with van der Waals surface area (Å²) in [5, 5.41) is 27.5. The lowest BCUT2D eigenvalue weighted by Crippen LogP contribution is -2.26. The highest BCUT2D eigenvalue weighted by molar-refractivity contribution is 5.79. The van der Waals surface area contributed by atoms with Gasteiger partial charge in [0.1, 0.15) is 6.04 Å². The van der Waals surface area contributed by atoms with Gasteiger partial charge in [-0.25, -0.2) is 0 Å². The van der Waals surface area contributed by atoms with Gasteiger partial charge in [-0.3, -0.25) is 25.2 Å². The standard InChI is InChI=1S/C17H16N4O6/c1-19(18-9-12-2-5-14(6-3-12)21(24)25)15(10-20(22)23)13-4-7-16-17(8-13)27-11-26-16/h2-9,15H,10-11H2,1H3/b18-9+/t15-/m1/s1. The molecule has 10 nitrogen and oxygen atoms in total. The lowest BCUT2D eigenvalue weighted by molar-refractivity contribution is -0.487. The number of nitro groups is 2. The third-order valence-electron chi connectivity index (χ3n) is 4.05. The normalized spacial score (nSPS) is 13.5. The van der Waals surface area contributed by atoms with E-state index in [-0.39, 0.29) is 19.0 Å². The van der Waals surface area contributed by atoms with Crippen LogP contribution in [0.1, 0.15) is 17.2 Å². The van der Waals surface area contributed by atoms with Gasteiger partial charge in [-0.1, -0.05) is 6.07 Å². The molecule has 1 aliphatic heterocycles. The largest absolute Gasteiger partial charge is 0.454 e. The first kappa shape index (κ1) is 18.1. The van der Waals surface area contributed by atoms with Crippen LogP contribution in [0.4, 0.5) is 5.69 Å². The smallest absolute Gasteiger partial charge is 0.269 e. The molecule has 0 amide bonds. The minimum atomic E-state index is -0.621. The Labute approximate surface area is 153 Å². The molecule has 0 radical (unpaired) electrons. The Kier molecular flexibility index (Phi) is 5.15. The molecule has 0 saturated heterocycles. The first-order valence-electron chi connectivity index (χ1n) is 7.96. The Hall–Kier alpha value is -3.69. The first-order chi connectivity index (χ1) is 12.9. The number of hydrogen-bond acceptors (Lipinski definition) is 8. The number of non-ortho nitro benzene ring substituents is 1. The SMILES string of the molecule is CN(/N=C/c1ccc([N+](=O)[O-])cc1)[C@H](C[N+](=O)[O-])c1ccc2c(c1)OCO2. The van der Waals surface area contributed by atoms with E-state index in [4.69, 9.17) is 9.47 Å². The molecule has 0 N–H and O–H groups in total. The van der Waals surface area contributed by atoms with Gasteiger partial charge in [0, 0.05) is 24.1 Å². The van der Waals surface area contributed by atoms with Crippen LogP contribution in [0.5, 0.6) is 11.5 Å². The number of benzene rings is 2. The van der Waals surface area contributed by atoms with Crippen molar-refractivity contribution in [1.29, 1.82) is 0 Å². The second-order valence-corrected chi connectivity index (χ2v) is 5.81. The van der Waals surface area contributed by atoms with E-state index in [0.29, 0.717) is 22.6 Å². The Balaban J connectivity index is 1.79. The minimum absolute atomic E-state index is 0.0212. The second-order valence-electron chi connectivity index (χ2n) is 5.81. The summed E-state index contributed by atoms with van der Waals surface area (Å²) in [5.41, 5.74) is 1.28. The highest BCUT2D eigenvalue weighted by atomic mass is 16.7. The Morgan fingerprint density at radius 3 is 2.52 bits per heavy atom. The van der Waals surface area contributed by atoms with Crippen LogP contribution in [0.2, 0.25) is 0 Å². The zero-order chi connectivity index (χ0) is 19.4. The third kappa shape index (κ3) is 4.29. The highest BCUT2D eigenvalue weighted by Crippen LogP contribution is 2.35. The molecule has 0 aliphatic carbocycles. The summed E-state index contributed by atoms with van der Waals surface area (Å²) in [4.78, 5) is 20.9. The lowest BCUT2D eigenvalue weighted by Gasteiger charge is -2.22. The maximum absolute atomic E-state index is 11.1. The molecule has 0 spiro atoms. The van der Waals surface area contributed by atoms with Gasteiger partial charge in [0.25, 0.3) is 5.69 Å². The highest BCUT2D eigenvalue weighted by Gasteiger charge is 2.24. The molecule has 2 aromatic rings. The molecule has 140 valence electrons. The summed E-state index contributed by atoms with van der Waals surface area (Å²) >= 11 is 0. The molecule has 10 heteroatoms. The van der Waals surface area contributed by atoms with Crippen molar-refractivity contribution in [2.75, 3.05) is 20.4 Å². The quantitative estimate of drug-likeness (QED) is 0.416.